The molecule has 1 aliphatic heterocycles. The van der Waals surface area contributed by atoms with Crippen molar-refractivity contribution in [3.8, 4) is 17.2 Å². The standard InChI is InChI=1S/C21H23N3O3S/c1-16-5-2-3-6-18(16)27-14-21(25)24-10-8-23(9-11-24)13-20-22-17(15-28-20)19-7-4-12-26-19/h2-7,12,15H,8-11,13-14H2,1H3. The monoisotopic (exact) mass is 397 g/mol. The van der Waals surface area contributed by atoms with E-state index in [0.29, 0.717) is 13.1 Å². The fourth-order valence-corrected chi connectivity index (χ4v) is 4.04. The highest BCUT2D eigenvalue weighted by atomic mass is 32.1. The first-order chi connectivity index (χ1) is 13.7. The van der Waals surface area contributed by atoms with Crippen molar-refractivity contribution in [2.75, 3.05) is 32.8 Å². The number of nitrogens with zero attached hydrogens (tertiary/aromatic N) is 3. The van der Waals surface area contributed by atoms with E-state index in [-0.39, 0.29) is 12.5 Å². The molecule has 1 aliphatic rings. The van der Waals surface area contributed by atoms with Crippen molar-refractivity contribution in [2.24, 2.45) is 0 Å². The molecule has 1 saturated heterocycles. The Morgan fingerprint density at radius 2 is 2.00 bits per heavy atom. The number of hydrogen-bond acceptors (Lipinski definition) is 6. The summed E-state index contributed by atoms with van der Waals surface area (Å²) in [5.41, 5.74) is 1.92. The van der Waals surface area contributed by atoms with Crippen LogP contribution in [0, 0.1) is 6.92 Å². The van der Waals surface area contributed by atoms with Gasteiger partial charge in [-0.1, -0.05) is 18.2 Å². The first-order valence-electron chi connectivity index (χ1n) is 9.36. The van der Waals surface area contributed by atoms with Crippen molar-refractivity contribution in [2.45, 2.75) is 13.5 Å². The zero-order chi connectivity index (χ0) is 19.3. The summed E-state index contributed by atoms with van der Waals surface area (Å²) in [7, 11) is 0. The summed E-state index contributed by atoms with van der Waals surface area (Å²) in [4.78, 5) is 21.3. The molecule has 7 heteroatoms. The molecule has 3 heterocycles. The van der Waals surface area contributed by atoms with Crippen molar-refractivity contribution in [3.63, 3.8) is 0 Å². The molecule has 2 aromatic heterocycles. The number of aromatic nitrogens is 1. The number of thiazole rings is 1. The van der Waals surface area contributed by atoms with E-state index in [1.54, 1.807) is 17.6 Å². The third-order valence-corrected chi connectivity index (χ3v) is 5.69. The molecule has 0 aliphatic carbocycles. The van der Waals surface area contributed by atoms with Gasteiger partial charge in [0.05, 0.1) is 12.8 Å². The first kappa shape index (κ1) is 18.7. The molecule has 0 radical (unpaired) electrons. The number of ether oxygens (including phenoxy) is 1. The number of carbonyl (C=O) groups is 1. The van der Waals surface area contributed by atoms with Crippen molar-refractivity contribution in [3.05, 3.63) is 58.6 Å². The number of hydrogen-bond donors (Lipinski definition) is 0. The minimum absolute atomic E-state index is 0.0391. The molecule has 4 rings (SSSR count). The van der Waals surface area contributed by atoms with Gasteiger partial charge in [-0.2, -0.15) is 0 Å². The van der Waals surface area contributed by atoms with Gasteiger partial charge in [-0.15, -0.1) is 11.3 Å². The third-order valence-electron chi connectivity index (χ3n) is 4.85. The lowest BCUT2D eigenvalue weighted by Gasteiger charge is -2.34. The van der Waals surface area contributed by atoms with E-state index in [9.17, 15) is 4.79 Å². The second-order valence-electron chi connectivity index (χ2n) is 6.81. The molecule has 146 valence electrons. The van der Waals surface area contributed by atoms with Crippen LogP contribution in [0.1, 0.15) is 10.6 Å². The molecule has 0 saturated carbocycles. The fraction of sp³-hybridized carbons (Fsp3) is 0.333. The lowest BCUT2D eigenvalue weighted by Crippen LogP contribution is -2.49. The maximum Gasteiger partial charge on any atom is 0.260 e. The number of amides is 1. The van der Waals surface area contributed by atoms with Crippen LogP contribution < -0.4 is 4.74 Å². The maximum absolute atomic E-state index is 12.4. The number of carbonyl (C=O) groups excluding carboxylic acids is 1. The van der Waals surface area contributed by atoms with E-state index < -0.39 is 0 Å². The predicted molar refractivity (Wildman–Crippen MR) is 108 cm³/mol. The van der Waals surface area contributed by atoms with Gasteiger partial charge >= 0.3 is 0 Å². The van der Waals surface area contributed by atoms with Gasteiger partial charge in [0.1, 0.15) is 16.5 Å². The van der Waals surface area contributed by atoms with Gasteiger partial charge in [-0.25, -0.2) is 4.98 Å². The Morgan fingerprint density at radius 3 is 2.75 bits per heavy atom. The average molecular weight is 398 g/mol. The lowest BCUT2D eigenvalue weighted by atomic mass is 10.2. The van der Waals surface area contributed by atoms with E-state index in [4.69, 9.17) is 9.15 Å². The summed E-state index contributed by atoms with van der Waals surface area (Å²) in [5, 5.41) is 3.09. The first-order valence-corrected chi connectivity index (χ1v) is 10.2. The molecular formula is C21H23N3O3S. The smallest absolute Gasteiger partial charge is 0.260 e. The number of furan rings is 1. The van der Waals surface area contributed by atoms with Crippen LogP contribution in [-0.2, 0) is 11.3 Å². The van der Waals surface area contributed by atoms with Gasteiger partial charge in [0.15, 0.2) is 12.4 Å². The SMILES string of the molecule is Cc1ccccc1OCC(=O)N1CCN(Cc2nc(-c3ccco3)cs2)CC1. The molecule has 3 aromatic rings. The van der Waals surface area contributed by atoms with E-state index in [0.717, 1.165) is 47.4 Å². The number of para-hydroxylation sites is 1. The molecule has 28 heavy (non-hydrogen) atoms. The molecule has 1 amide bonds. The molecule has 0 bridgehead atoms. The Labute approximate surface area is 168 Å². The quantitative estimate of drug-likeness (QED) is 0.638. The third kappa shape index (κ3) is 4.43. The van der Waals surface area contributed by atoms with Crippen molar-refractivity contribution in [1.29, 1.82) is 0 Å². The Morgan fingerprint density at radius 1 is 1.18 bits per heavy atom. The van der Waals surface area contributed by atoms with Crippen LogP contribution in [0.3, 0.4) is 0 Å². The van der Waals surface area contributed by atoms with Gasteiger partial charge in [-0.3, -0.25) is 9.69 Å². The zero-order valence-electron chi connectivity index (χ0n) is 15.8. The Balaban J connectivity index is 1.24. The molecule has 1 fully saturated rings. The van der Waals surface area contributed by atoms with Crippen LogP contribution in [0.4, 0.5) is 0 Å². The highest BCUT2D eigenvalue weighted by Gasteiger charge is 2.22. The van der Waals surface area contributed by atoms with E-state index in [1.165, 1.54) is 0 Å². The van der Waals surface area contributed by atoms with Gasteiger partial charge in [0.2, 0.25) is 0 Å². The second kappa shape index (κ2) is 8.58. The summed E-state index contributed by atoms with van der Waals surface area (Å²) >= 11 is 1.64. The van der Waals surface area contributed by atoms with Gasteiger partial charge in [-0.05, 0) is 30.7 Å². The molecule has 6 nitrogen and oxygen atoms in total. The zero-order valence-corrected chi connectivity index (χ0v) is 16.7. The Bertz CT molecular complexity index is 915. The normalized spacial score (nSPS) is 15.0. The summed E-state index contributed by atoms with van der Waals surface area (Å²) < 4.78 is 11.1. The molecule has 0 spiro atoms. The van der Waals surface area contributed by atoms with E-state index in [1.807, 2.05) is 53.6 Å². The maximum atomic E-state index is 12.4. The van der Waals surface area contributed by atoms with Gasteiger partial charge in [0, 0.05) is 31.6 Å². The second-order valence-corrected chi connectivity index (χ2v) is 7.76. The Hall–Kier alpha value is -2.64. The van der Waals surface area contributed by atoms with Crippen LogP contribution in [0.15, 0.2) is 52.5 Å². The summed E-state index contributed by atoms with van der Waals surface area (Å²) in [6.45, 7) is 5.97. The summed E-state index contributed by atoms with van der Waals surface area (Å²) in [6.07, 6.45) is 1.66. The minimum Gasteiger partial charge on any atom is -0.484 e. The molecule has 0 N–H and O–H groups in total. The van der Waals surface area contributed by atoms with Crippen LogP contribution in [0.2, 0.25) is 0 Å². The van der Waals surface area contributed by atoms with E-state index in [2.05, 4.69) is 9.88 Å². The number of rotatable bonds is 6. The fourth-order valence-electron chi connectivity index (χ4n) is 3.22. The lowest BCUT2D eigenvalue weighted by molar-refractivity contribution is -0.135. The van der Waals surface area contributed by atoms with Crippen molar-refractivity contribution >= 4 is 17.2 Å². The molecule has 0 atom stereocenters. The topological polar surface area (TPSA) is 58.8 Å². The van der Waals surface area contributed by atoms with E-state index >= 15 is 0 Å². The molecule has 1 aromatic carbocycles. The van der Waals surface area contributed by atoms with Gasteiger partial charge < -0.3 is 14.1 Å². The van der Waals surface area contributed by atoms with Crippen molar-refractivity contribution < 1.29 is 13.9 Å². The Kier molecular flexibility index (Phi) is 5.73. The van der Waals surface area contributed by atoms with Crippen LogP contribution >= 0.6 is 11.3 Å². The minimum atomic E-state index is 0.0391. The van der Waals surface area contributed by atoms with Crippen LogP contribution in [0.25, 0.3) is 11.5 Å². The highest BCUT2D eigenvalue weighted by Crippen LogP contribution is 2.23. The predicted octanol–water partition coefficient (Wildman–Crippen LogP) is 3.43. The number of piperazine rings is 1. The van der Waals surface area contributed by atoms with Crippen LogP contribution in [0.5, 0.6) is 5.75 Å². The summed E-state index contributed by atoms with van der Waals surface area (Å²) in [6, 6.07) is 11.5. The van der Waals surface area contributed by atoms with Crippen molar-refractivity contribution in [1.82, 2.24) is 14.8 Å². The summed E-state index contributed by atoms with van der Waals surface area (Å²) in [5.74, 6) is 1.61. The number of benzene rings is 1. The largest absolute Gasteiger partial charge is 0.484 e. The molecule has 0 unspecified atom stereocenters. The highest BCUT2D eigenvalue weighted by molar-refractivity contribution is 7.09. The van der Waals surface area contributed by atoms with Crippen LogP contribution in [-0.4, -0.2) is 53.5 Å². The van der Waals surface area contributed by atoms with Gasteiger partial charge in [0.25, 0.3) is 5.91 Å². The molecular weight excluding hydrogens is 374 g/mol. The average Bonchev–Trinajstić information content (AvgIpc) is 3.39. The number of aryl methyl sites for hydroxylation is 1.